The van der Waals surface area contributed by atoms with Gasteiger partial charge in [-0.1, -0.05) is 0 Å². The van der Waals surface area contributed by atoms with Gasteiger partial charge >= 0.3 is 0 Å². The minimum absolute atomic E-state index is 0.00717. The molecular weight excluding hydrogens is 342 g/mol. The second kappa shape index (κ2) is 8.22. The van der Waals surface area contributed by atoms with E-state index in [2.05, 4.69) is 15.1 Å². The smallest absolute Gasteiger partial charge is 0.241 e. The van der Waals surface area contributed by atoms with Gasteiger partial charge in [-0.25, -0.2) is 0 Å². The Bertz CT molecular complexity index is 794. The largest absolute Gasteiger partial charge is 0.508 e. The number of hydrogen-bond acceptors (Lipinski definition) is 5. The third-order valence-electron chi connectivity index (χ3n) is 5.02. The van der Waals surface area contributed by atoms with E-state index in [9.17, 15) is 14.7 Å². The molecule has 3 rings (SSSR count). The van der Waals surface area contributed by atoms with E-state index in [1.807, 2.05) is 19.1 Å². The molecule has 1 saturated heterocycles. The Kier molecular flexibility index (Phi) is 5.76. The van der Waals surface area contributed by atoms with Crippen molar-refractivity contribution in [3.8, 4) is 5.75 Å². The number of piperazine rings is 1. The molecule has 2 N–H and O–H groups in total. The number of anilines is 2. The number of nitrogens with zero attached hydrogens (tertiary/aromatic N) is 2. The molecule has 1 fully saturated rings. The lowest BCUT2D eigenvalue weighted by Crippen LogP contribution is -2.52. The molecule has 1 aliphatic heterocycles. The van der Waals surface area contributed by atoms with E-state index in [0.717, 1.165) is 31.9 Å². The number of aromatic hydroxyl groups is 1. The number of carbonyl (C=O) groups excluding carboxylic acids is 2. The third kappa shape index (κ3) is 4.65. The Morgan fingerprint density at radius 1 is 0.963 bits per heavy atom. The lowest BCUT2D eigenvalue weighted by Gasteiger charge is -2.38. The van der Waals surface area contributed by atoms with Gasteiger partial charge in [0.2, 0.25) is 5.91 Å². The maximum absolute atomic E-state index is 12.6. The first-order valence-electron chi connectivity index (χ1n) is 9.14. The van der Waals surface area contributed by atoms with Crippen LogP contribution in [-0.4, -0.2) is 53.9 Å². The highest BCUT2D eigenvalue weighted by atomic mass is 16.3. The quantitative estimate of drug-likeness (QED) is 0.795. The minimum Gasteiger partial charge on any atom is -0.508 e. The molecular formula is C21H25N3O3. The minimum atomic E-state index is -0.237. The van der Waals surface area contributed by atoms with Crippen LogP contribution in [0.4, 0.5) is 11.4 Å². The van der Waals surface area contributed by atoms with E-state index in [1.54, 1.807) is 36.4 Å². The number of rotatable bonds is 5. The number of Topliss-reactive ketones (excluding diaryl/α,β-unsaturated/α-hetero) is 1. The van der Waals surface area contributed by atoms with Crippen molar-refractivity contribution >= 4 is 23.1 Å². The highest BCUT2D eigenvalue weighted by Crippen LogP contribution is 2.20. The van der Waals surface area contributed by atoms with Crippen molar-refractivity contribution in [2.45, 2.75) is 19.9 Å². The van der Waals surface area contributed by atoms with Gasteiger partial charge in [0.15, 0.2) is 5.78 Å². The zero-order chi connectivity index (χ0) is 19.4. The van der Waals surface area contributed by atoms with Crippen molar-refractivity contribution in [3.63, 3.8) is 0 Å². The van der Waals surface area contributed by atoms with Crippen LogP contribution in [0.1, 0.15) is 24.2 Å². The van der Waals surface area contributed by atoms with Gasteiger partial charge in [0, 0.05) is 43.1 Å². The van der Waals surface area contributed by atoms with Crippen molar-refractivity contribution in [3.05, 3.63) is 54.1 Å². The fourth-order valence-corrected chi connectivity index (χ4v) is 3.23. The molecule has 1 atom stereocenters. The number of nitrogens with one attached hydrogen (secondary N) is 1. The first-order valence-corrected chi connectivity index (χ1v) is 9.14. The van der Waals surface area contributed by atoms with Crippen LogP contribution in [0.5, 0.6) is 5.75 Å². The van der Waals surface area contributed by atoms with Crippen molar-refractivity contribution < 1.29 is 14.7 Å². The summed E-state index contributed by atoms with van der Waals surface area (Å²) < 4.78 is 0. The van der Waals surface area contributed by atoms with Gasteiger partial charge in [-0.05, 0) is 62.4 Å². The number of benzene rings is 2. The zero-order valence-corrected chi connectivity index (χ0v) is 15.7. The fraction of sp³-hybridized carbons (Fsp3) is 0.333. The van der Waals surface area contributed by atoms with E-state index in [0.29, 0.717) is 11.3 Å². The summed E-state index contributed by atoms with van der Waals surface area (Å²) in [5.41, 5.74) is 2.40. The van der Waals surface area contributed by atoms with Gasteiger partial charge in [0.25, 0.3) is 0 Å². The maximum Gasteiger partial charge on any atom is 0.241 e. The molecule has 0 saturated carbocycles. The van der Waals surface area contributed by atoms with Gasteiger partial charge in [0.1, 0.15) is 5.75 Å². The molecule has 6 nitrogen and oxygen atoms in total. The van der Waals surface area contributed by atoms with Gasteiger partial charge < -0.3 is 15.3 Å². The molecule has 0 spiro atoms. The first-order chi connectivity index (χ1) is 12.9. The summed E-state index contributed by atoms with van der Waals surface area (Å²) in [6, 6.07) is 13.9. The van der Waals surface area contributed by atoms with Gasteiger partial charge in [-0.3, -0.25) is 14.5 Å². The van der Waals surface area contributed by atoms with Crippen molar-refractivity contribution in [2.75, 3.05) is 36.4 Å². The molecule has 1 heterocycles. The number of carbonyl (C=O) groups is 2. The number of amides is 1. The lowest BCUT2D eigenvalue weighted by molar-refractivity contribution is -0.120. The number of hydrogen-bond donors (Lipinski definition) is 2. The zero-order valence-electron chi connectivity index (χ0n) is 15.7. The van der Waals surface area contributed by atoms with Crippen LogP contribution in [0.2, 0.25) is 0 Å². The van der Waals surface area contributed by atoms with E-state index in [1.165, 1.54) is 6.92 Å². The molecule has 6 heteroatoms. The Morgan fingerprint density at radius 2 is 1.56 bits per heavy atom. The Hall–Kier alpha value is -2.86. The van der Waals surface area contributed by atoms with Crippen LogP contribution in [0, 0.1) is 0 Å². The van der Waals surface area contributed by atoms with Crippen LogP contribution >= 0.6 is 0 Å². The highest BCUT2D eigenvalue weighted by molar-refractivity contribution is 5.97. The summed E-state index contributed by atoms with van der Waals surface area (Å²) in [7, 11) is 0. The molecule has 1 aliphatic rings. The number of ketones is 1. The van der Waals surface area contributed by atoms with E-state index in [4.69, 9.17) is 0 Å². The average Bonchev–Trinajstić information content (AvgIpc) is 2.68. The monoisotopic (exact) mass is 367 g/mol. The Labute approximate surface area is 159 Å². The van der Waals surface area contributed by atoms with Gasteiger partial charge in [0.05, 0.1) is 6.04 Å². The van der Waals surface area contributed by atoms with Crippen LogP contribution in [0.3, 0.4) is 0 Å². The van der Waals surface area contributed by atoms with Crippen molar-refractivity contribution in [2.24, 2.45) is 0 Å². The summed E-state index contributed by atoms with van der Waals surface area (Å²) in [5, 5.41) is 12.3. The van der Waals surface area contributed by atoms with Crippen LogP contribution in [-0.2, 0) is 4.79 Å². The molecule has 0 radical (unpaired) electrons. The third-order valence-corrected chi connectivity index (χ3v) is 5.02. The second-order valence-electron chi connectivity index (χ2n) is 6.84. The Morgan fingerprint density at radius 3 is 2.11 bits per heavy atom. The summed E-state index contributed by atoms with van der Waals surface area (Å²) in [5.74, 6) is 0.218. The van der Waals surface area contributed by atoms with E-state index >= 15 is 0 Å². The fourth-order valence-electron chi connectivity index (χ4n) is 3.23. The maximum atomic E-state index is 12.6. The molecule has 2 aromatic carbocycles. The second-order valence-corrected chi connectivity index (χ2v) is 6.84. The first kappa shape index (κ1) is 18.9. The van der Waals surface area contributed by atoms with Crippen LogP contribution in [0.25, 0.3) is 0 Å². The summed E-state index contributed by atoms with van der Waals surface area (Å²) in [6.45, 7) is 6.67. The molecule has 2 aromatic rings. The van der Waals surface area contributed by atoms with E-state index in [-0.39, 0.29) is 23.5 Å². The van der Waals surface area contributed by atoms with Crippen LogP contribution < -0.4 is 10.2 Å². The molecule has 0 aromatic heterocycles. The van der Waals surface area contributed by atoms with Gasteiger partial charge in [-0.15, -0.1) is 0 Å². The lowest BCUT2D eigenvalue weighted by atomic mass is 10.1. The molecule has 27 heavy (non-hydrogen) atoms. The standard InChI is InChI=1S/C21H25N3O3/c1-15(21(27)22-18-5-3-17(4-6-18)16(2)25)23-11-13-24(14-12-23)19-7-9-20(26)10-8-19/h3-10,15,26H,11-14H2,1-2H3,(H,22,27)/t15-/m1/s1. The van der Waals surface area contributed by atoms with Crippen molar-refractivity contribution in [1.29, 1.82) is 0 Å². The molecule has 0 unspecified atom stereocenters. The average molecular weight is 367 g/mol. The normalized spacial score (nSPS) is 16.0. The summed E-state index contributed by atoms with van der Waals surface area (Å²) in [4.78, 5) is 28.3. The number of phenols is 1. The van der Waals surface area contributed by atoms with Crippen molar-refractivity contribution in [1.82, 2.24) is 4.90 Å². The summed E-state index contributed by atoms with van der Waals surface area (Å²) in [6.07, 6.45) is 0. The number of phenolic OH excluding ortho intramolecular Hbond substituents is 1. The predicted octanol–water partition coefficient (Wildman–Crippen LogP) is 2.74. The summed E-state index contributed by atoms with van der Waals surface area (Å²) >= 11 is 0. The molecule has 142 valence electrons. The van der Waals surface area contributed by atoms with Gasteiger partial charge in [-0.2, -0.15) is 0 Å². The predicted molar refractivity (Wildman–Crippen MR) is 106 cm³/mol. The Balaban J connectivity index is 1.53. The van der Waals surface area contributed by atoms with E-state index < -0.39 is 0 Å². The topological polar surface area (TPSA) is 72.9 Å². The molecule has 1 amide bonds. The highest BCUT2D eigenvalue weighted by Gasteiger charge is 2.25. The van der Waals surface area contributed by atoms with Crippen LogP contribution in [0.15, 0.2) is 48.5 Å². The molecule has 0 bridgehead atoms. The SMILES string of the molecule is CC(=O)c1ccc(NC(=O)[C@@H](C)N2CCN(c3ccc(O)cc3)CC2)cc1. The molecule has 0 aliphatic carbocycles.